The van der Waals surface area contributed by atoms with Crippen LogP contribution >= 0.6 is 27.7 Å². The molecule has 0 aliphatic carbocycles. The molecular weight excluding hydrogens is 436 g/mol. The maximum absolute atomic E-state index is 12.3. The van der Waals surface area contributed by atoms with Crippen molar-refractivity contribution in [3.63, 3.8) is 0 Å². The Morgan fingerprint density at radius 3 is 2.85 bits per heavy atom. The Kier molecular flexibility index (Phi) is 5.52. The Morgan fingerprint density at radius 1 is 1.37 bits per heavy atom. The van der Waals surface area contributed by atoms with Crippen molar-refractivity contribution in [1.29, 1.82) is 0 Å². The Morgan fingerprint density at radius 2 is 2.15 bits per heavy atom. The lowest BCUT2D eigenvalue weighted by molar-refractivity contribution is -0.270. The average molecular weight is 448 g/mol. The summed E-state index contributed by atoms with van der Waals surface area (Å²) in [7, 11) is 1.40. The van der Waals surface area contributed by atoms with Gasteiger partial charge in [0.05, 0.1) is 23.3 Å². The summed E-state index contributed by atoms with van der Waals surface area (Å²) < 4.78 is 5.68. The summed E-state index contributed by atoms with van der Waals surface area (Å²) in [6.45, 7) is 0. The molecule has 1 aliphatic rings. The van der Waals surface area contributed by atoms with E-state index in [2.05, 4.69) is 26.2 Å². The number of thioether (sulfide) groups is 1. The summed E-state index contributed by atoms with van der Waals surface area (Å²) in [6, 6.07) is 9.19. The van der Waals surface area contributed by atoms with E-state index in [-0.39, 0.29) is 17.1 Å². The molecule has 0 saturated carbocycles. The molecule has 1 amide bonds. The summed E-state index contributed by atoms with van der Waals surface area (Å²) >= 11 is 4.36. The smallest absolute Gasteiger partial charge is 0.335 e. The van der Waals surface area contributed by atoms with Crippen molar-refractivity contribution in [2.24, 2.45) is 4.99 Å². The van der Waals surface area contributed by atoms with Crippen LogP contribution in [0.2, 0.25) is 0 Å². The van der Waals surface area contributed by atoms with Crippen LogP contribution in [0.1, 0.15) is 15.9 Å². The van der Waals surface area contributed by atoms with Crippen LogP contribution in [0.25, 0.3) is 6.08 Å². The lowest BCUT2D eigenvalue weighted by atomic mass is 10.1. The second-order valence-electron chi connectivity index (χ2n) is 5.36. The predicted octanol–water partition coefficient (Wildman–Crippen LogP) is 3.12. The highest BCUT2D eigenvalue weighted by Crippen LogP contribution is 2.35. The largest absolute Gasteiger partial charge is 0.870 e. The minimum absolute atomic E-state index is 0.0965. The normalized spacial score (nSPS) is 16.6. The van der Waals surface area contributed by atoms with E-state index in [1.54, 1.807) is 24.3 Å². The number of hydrogen-bond acceptors (Lipinski definition) is 6. The van der Waals surface area contributed by atoms with Crippen LogP contribution in [0.5, 0.6) is 11.5 Å². The minimum atomic E-state index is -1.06. The molecule has 0 unspecified atom stereocenters. The number of nitrogens with zero attached hydrogens (tertiary/aromatic N) is 1. The van der Waals surface area contributed by atoms with Crippen LogP contribution in [0, 0.1) is 0 Å². The van der Waals surface area contributed by atoms with Gasteiger partial charge in [0, 0.05) is 4.47 Å². The molecule has 2 aromatic carbocycles. The first kappa shape index (κ1) is 19.0. The molecule has 0 aromatic heterocycles. The zero-order valence-electron chi connectivity index (χ0n) is 13.9. The quantitative estimate of drug-likeness (QED) is 0.696. The zero-order chi connectivity index (χ0) is 19.6. The standard InChI is InChI=1S/C18H13BrN2O5S/c1-26-13-8-11(19)5-10(15(13)22)7-14-16(23)21-18(27-14)20-12-4-2-3-9(6-12)17(24)25/h2-8,22H,1H3,(H,24,25)(H,20,21,23)/p-1/b14-7+. The SMILES string of the molecule is COc1cc(Br)cc(/C=C2/SC(=Nc3cccc(C(=O)O)c3)NC2=O)c1[O-]. The van der Waals surface area contributed by atoms with E-state index in [0.717, 1.165) is 11.8 Å². The van der Waals surface area contributed by atoms with E-state index in [9.17, 15) is 14.7 Å². The molecule has 138 valence electrons. The van der Waals surface area contributed by atoms with Crippen LogP contribution < -0.4 is 15.2 Å². The Labute approximate surface area is 166 Å². The number of methoxy groups -OCH3 is 1. The first-order valence-electron chi connectivity index (χ1n) is 7.55. The number of amidine groups is 1. The van der Waals surface area contributed by atoms with Gasteiger partial charge in [0.15, 0.2) is 5.17 Å². The maximum Gasteiger partial charge on any atom is 0.335 e. The van der Waals surface area contributed by atoms with E-state index < -0.39 is 11.9 Å². The van der Waals surface area contributed by atoms with E-state index in [4.69, 9.17) is 9.84 Å². The molecular formula is C18H12BrN2O5S-. The molecule has 0 atom stereocenters. The lowest BCUT2D eigenvalue weighted by Gasteiger charge is -2.16. The molecule has 1 heterocycles. The number of ether oxygens (including phenoxy) is 1. The maximum atomic E-state index is 12.3. The summed E-state index contributed by atoms with van der Waals surface area (Å²) in [4.78, 5) is 27.8. The number of carboxylic acids is 1. The van der Waals surface area contributed by atoms with Gasteiger partial charge in [-0.25, -0.2) is 9.79 Å². The molecule has 3 rings (SSSR count). The van der Waals surface area contributed by atoms with E-state index in [0.29, 0.717) is 25.8 Å². The number of benzene rings is 2. The summed E-state index contributed by atoms with van der Waals surface area (Å²) in [6.07, 6.45) is 1.46. The average Bonchev–Trinajstić information content (AvgIpc) is 2.97. The van der Waals surface area contributed by atoms with Crippen LogP contribution in [-0.4, -0.2) is 29.3 Å². The number of hydrogen-bond donors (Lipinski definition) is 2. The number of aromatic carboxylic acids is 1. The lowest BCUT2D eigenvalue weighted by Crippen LogP contribution is -2.19. The number of carboxylic acid groups (broad SMARTS) is 1. The molecule has 0 bridgehead atoms. The van der Waals surface area contributed by atoms with Crippen LogP contribution in [-0.2, 0) is 4.79 Å². The van der Waals surface area contributed by atoms with Gasteiger partial charge >= 0.3 is 5.97 Å². The van der Waals surface area contributed by atoms with Crippen molar-refractivity contribution in [2.75, 3.05) is 7.11 Å². The summed E-state index contributed by atoms with van der Waals surface area (Å²) in [5, 5.41) is 24.2. The van der Waals surface area contributed by atoms with Gasteiger partial charge in [-0.3, -0.25) is 4.79 Å². The van der Waals surface area contributed by atoms with Crippen molar-refractivity contribution in [3.05, 3.63) is 56.9 Å². The highest BCUT2D eigenvalue weighted by molar-refractivity contribution is 9.10. The molecule has 2 N–H and O–H groups in total. The molecule has 0 spiro atoms. The monoisotopic (exact) mass is 447 g/mol. The van der Waals surface area contributed by atoms with Crippen molar-refractivity contribution in [1.82, 2.24) is 5.32 Å². The second kappa shape index (κ2) is 7.85. The fraction of sp³-hybridized carbons (Fsp3) is 0.0556. The third-order valence-electron chi connectivity index (χ3n) is 3.53. The molecule has 2 aromatic rings. The van der Waals surface area contributed by atoms with E-state index in [1.165, 1.54) is 25.3 Å². The molecule has 1 saturated heterocycles. The van der Waals surface area contributed by atoms with Crippen molar-refractivity contribution < 1.29 is 24.5 Å². The van der Waals surface area contributed by atoms with Crippen LogP contribution in [0.3, 0.4) is 0 Å². The Hall–Kier alpha value is -2.78. The van der Waals surface area contributed by atoms with Crippen LogP contribution in [0.4, 0.5) is 5.69 Å². The number of carbonyl (C=O) groups excluding carboxylic acids is 1. The number of rotatable bonds is 4. The second-order valence-corrected chi connectivity index (χ2v) is 7.31. The number of aliphatic imine (C=N–C) groups is 1. The van der Waals surface area contributed by atoms with Gasteiger partial charge in [-0.05, 0) is 53.7 Å². The highest BCUT2D eigenvalue weighted by Gasteiger charge is 2.24. The van der Waals surface area contributed by atoms with Gasteiger partial charge < -0.3 is 20.3 Å². The minimum Gasteiger partial charge on any atom is -0.870 e. The fourth-order valence-electron chi connectivity index (χ4n) is 2.30. The van der Waals surface area contributed by atoms with Gasteiger partial charge in [0.1, 0.15) is 5.75 Å². The van der Waals surface area contributed by atoms with Crippen molar-refractivity contribution >= 4 is 56.5 Å². The van der Waals surface area contributed by atoms with Gasteiger partial charge in [-0.2, -0.15) is 0 Å². The first-order valence-corrected chi connectivity index (χ1v) is 9.16. The number of amides is 1. The number of halogens is 1. The predicted molar refractivity (Wildman–Crippen MR) is 104 cm³/mol. The fourth-order valence-corrected chi connectivity index (χ4v) is 3.58. The molecule has 9 heteroatoms. The zero-order valence-corrected chi connectivity index (χ0v) is 16.3. The first-order chi connectivity index (χ1) is 12.9. The third-order valence-corrected chi connectivity index (χ3v) is 4.90. The molecule has 0 radical (unpaired) electrons. The highest BCUT2D eigenvalue weighted by atomic mass is 79.9. The molecule has 1 fully saturated rings. The molecule has 27 heavy (non-hydrogen) atoms. The van der Waals surface area contributed by atoms with Gasteiger partial charge in [-0.15, -0.1) is 0 Å². The molecule has 1 aliphatic heterocycles. The number of nitrogens with one attached hydrogen (secondary N) is 1. The van der Waals surface area contributed by atoms with Gasteiger partial charge in [0.2, 0.25) is 0 Å². The molecule has 7 nitrogen and oxygen atoms in total. The Balaban J connectivity index is 1.90. The van der Waals surface area contributed by atoms with Gasteiger partial charge in [0.25, 0.3) is 5.91 Å². The summed E-state index contributed by atoms with van der Waals surface area (Å²) in [5.74, 6) is -1.63. The van der Waals surface area contributed by atoms with E-state index in [1.807, 2.05) is 0 Å². The topological polar surface area (TPSA) is 111 Å². The van der Waals surface area contributed by atoms with Crippen molar-refractivity contribution in [2.45, 2.75) is 0 Å². The van der Waals surface area contributed by atoms with E-state index >= 15 is 0 Å². The van der Waals surface area contributed by atoms with Crippen molar-refractivity contribution in [3.8, 4) is 11.5 Å². The number of carbonyl (C=O) groups is 2. The van der Waals surface area contributed by atoms with Gasteiger partial charge in [-0.1, -0.05) is 27.7 Å². The summed E-state index contributed by atoms with van der Waals surface area (Å²) in [5.41, 5.74) is 0.791. The third kappa shape index (κ3) is 4.32. The van der Waals surface area contributed by atoms with Crippen LogP contribution in [0.15, 0.2) is 50.8 Å². The Bertz CT molecular complexity index is 1000.